The van der Waals surface area contributed by atoms with Crippen LogP contribution in [0, 0.1) is 5.82 Å². The summed E-state index contributed by atoms with van der Waals surface area (Å²) >= 11 is 3.32. The lowest BCUT2D eigenvalue weighted by Gasteiger charge is -2.12. The van der Waals surface area contributed by atoms with Crippen LogP contribution in [0.25, 0.3) is 0 Å². The van der Waals surface area contributed by atoms with E-state index in [4.69, 9.17) is 10.5 Å². The number of nitrogens with two attached hydrogens (primary N) is 1. The number of rotatable bonds is 4. The van der Waals surface area contributed by atoms with Gasteiger partial charge in [-0.1, -0.05) is 30.3 Å². The molecule has 0 aliphatic heterocycles. The second-order valence-electron chi connectivity index (χ2n) is 4.38. The molecule has 0 radical (unpaired) electrons. The topological polar surface area (TPSA) is 35.2 Å². The normalized spacial score (nSPS) is 12.2. The van der Waals surface area contributed by atoms with Gasteiger partial charge in [0.2, 0.25) is 0 Å². The monoisotopic (exact) mass is 323 g/mol. The van der Waals surface area contributed by atoms with Gasteiger partial charge in [0, 0.05) is 6.04 Å². The quantitative estimate of drug-likeness (QED) is 0.915. The molecule has 19 heavy (non-hydrogen) atoms. The van der Waals surface area contributed by atoms with Gasteiger partial charge in [-0.3, -0.25) is 0 Å². The van der Waals surface area contributed by atoms with Crippen LogP contribution in [0.1, 0.15) is 24.1 Å². The molecule has 2 nitrogen and oxygen atoms in total. The van der Waals surface area contributed by atoms with E-state index in [1.165, 1.54) is 6.07 Å². The molecule has 4 heteroatoms. The molecule has 1 unspecified atom stereocenters. The molecule has 2 aromatic rings. The minimum atomic E-state index is -0.405. The second kappa shape index (κ2) is 6.17. The second-order valence-corrected chi connectivity index (χ2v) is 5.23. The van der Waals surface area contributed by atoms with E-state index in [-0.39, 0.29) is 11.8 Å². The van der Waals surface area contributed by atoms with Gasteiger partial charge in [-0.2, -0.15) is 0 Å². The van der Waals surface area contributed by atoms with Crippen LogP contribution in [-0.4, -0.2) is 0 Å². The van der Waals surface area contributed by atoms with Crippen LogP contribution in [0.2, 0.25) is 0 Å². The van der Waals surface area contributed by atoms with E-state index < -0.39 is 5.82 Å². The lowest BCUT2D eigenvalue weighted by atomic mass is 10.1. The molecule has 2 rings (SSSR count). The Bertz CT molecular complexity index is 534. The van der Waals surface area contributed by atoms with E-state index in [1.54, 1.807) is 6.07 Å². The molecule has 1 atom stereocenters. The summed E-state index contributed by atoms with van der Waals surface area (Å²) in [4.78, 5) is 0. The lowest BCUT2D eigenvalue weighted by Crippen LogP contribution is -2.06. The smallest absolute Gasteiger partial charge is 0.169 e. The molecule has 0 fully saturated rings. The average Bonchev–Trinajstić information content (AvgIpc) is 2.38. The molecule has 0 bridgehead atoms. The Morgan fingerprint density at radius 3 is 2.53 bits per heavy atom. The third-order valence-electron chi connectivity index (χ3n) is 2.77. The van der Waals surface area contributed by atoms with Crippen LogP contribution in [0.3, 0.4) is 0 Å². The molecule has 2 aromatic carbocycles. The zero-order valence-electron chi connectivity index (χ0n) is 10.6. The Kier molecular flexibility index (Phi) is 4.56. The first kappa shape index (κ1) is 14.0. The summed E-state index contributed by atoms with van der Waals surface area (Å²) in [6.07, 6.45) is 0. The fourth-order valence-corrected chi connectivity index (χ4v) is 2.28. The van der Waals surface area contributed by atoms with Gasteiger partial charge in [-0.15, -0.1) is 0 Å². The van der Waals surface area contributed by atoms with Gasteiger partial charge in [0.25, 0.3) is 0 Å². The Morgan fingerprint density at radius 2 is 1.95 bits per heavy atom. The fraction of sp³-hybridized carbons (Fsp3) is 0.200. The van der Waals surface area contributed by atoms with Crippen molar-refractivity contribution in [3.63, 3.8) is 0 Å². The van der Waals surface area contributed by atoms with E-state index in [9.17, 15) is 4.39 Å². The first-order valence-electron chi connectivity index (χ1n) is 5.99. The average molecular weight is 324 g/mol. The van der Waals surface area contributed by atoms with Crippen LogP contribution >= 0.6 is 15.9 Å². The van der Waals surface area contributed by atoms with Crippen molar-refractivity contribution < 1.29 is 9.13 Å². The number of halogens is 2. The predicted molar refractivity (Wildman–Crippen MR) is 77.5 cm³/mol. The predicted octanol–water partition coefficient (Wildman–Crippen LogP) is 4.19. The zero-order chi connectivity index (χ0) is 13.8. The zero-order valence-corrected chi connectivity index (χ0v) is 12.2. The van der Waals surface area contributed by atoms with E-state index in [0.29, 0.717) is 11.1 Å². The summed E-state index contributed by atoms with van der Waals surface area (Å²) in [6.45, 7) is 2.14. The SMILES string of the molecule is CC(N)c1cc(F)c(OCc2ccccc2)c(Br)c1. The number of ether oxygens (including phenoxy) is 1. The highest BCUT2D eigenvalue weighted by molar-refractivity contribution is 9.10. The van der Waals surface area contributed by atoms with Gasteiger partial charge in [-0.05, 0) is 46.1 Å². The van der Waals surface area contributed by atoms with Gasteiger partial charge in [-0.25, -0.2) is 4.39 Å². The molecule has 0 spiro atoms. The van der Waals surface area contributed by atoms with Crippen molar-refractivity contribution in [3.8, 4) is 5.75 Å². The van der Waals surface area contributed by atoms with E-state index in [0.717, 1.165) is 11.1 Å². The van der Waals surface area contributed by atoms with E-state index >= 15 is 0 Å². The summed E-state index contributed by atoms with van der Waals surface area (Å²) in [7, 11) is 0. The first-order chi connectivity index (χ1) is 9.08. The number of hydrogen-bond donors (Lipinski definition) is 1. The summed E-state index contributed by atoms with van der Waals surface area (Å²) in [5, 5.41) is 0. The van der Waals surface area contributed by atoms with Crippen molar-refractivity contribution in [2.45, 2.75) is 19.6 Å². The van der Waals surface area contributed by atoms with E-state index in [1.807, 2.05) is 37.3 Å². The summed E-state index contributed by atoms with van der Waals surface area (Å²) in [5.74, 6) is -0.189. The van der Waals surface area contributed by atoms with Crippen LogP contribution in [0.5, 0.6) is 5.75 Å². The molecule has 0 amide bonds. The third-order valence-corrected chi connectivity index (χ3v) is 3.36. The number of hydrogen-bond acceptors (Lipinski definition) is 2. The Balaban J connectivity index is 2.17. The molecular weight excluding hydrogens is 309 g/mol. The molecule has 0 aromatic heterocycles. The molecule has 0 aliphatic carbocycles. The van der Waals surface area contributed by atoms with Crippen LogP contribution < -0.4 is 10.5 Å². The Hall–Kier alpha value is -1.39. The number of benzene rings is 2. The molecule has 2 N–H and O–H groups in total. The minimum absolute atomic E-state index is 0.214. The van der Waals surface area contributed by atoms with Crippen molar-refractivity contribution >= 4 is 15.9 Å². The van der Waals surface area contributed by atoms with Crippen LogP contribution in [0.4, 0.5) is 4.39 Å². The van der Waals surface area contributed by atoms with Gasteiger partial charge in [0.1, 0.15) is 6.61 Å². The third kappa shape index (κ3) is 3.55. The van der Waals surface area contributed by atoms with Gasteiger partial charge < -0.3 is 10.5 Å². The van der Waals surface area contributed by atoms with Gasteiger partial charge >= 0.3 is 0 Å². The molecule has 0 aliphatic rings. The fourth-order valence-electron chi connectivity index (χ4n) is 1.71. The molecule has 0 heterocycles. The van der Waals surface area contributed by atoms with Crippen molar-refractivity contribution in [3.05, 3.63) is 63.9 Å². The molecule has 0 saturated heterocycles. The molecule has 100 valence electrons. The van der Waals surface area contributed by atoms with Gasteiger partial charge in [0.05, 0.1) is 4.47 Å². The Morgan fingerprint density at radius 1 is 1.26 bits per heavy atom. The highest BCUT2D eigenvalue weighted by atomic mass is 79.9. The maximum Gasteiger partial charge on any atom is 0.169 e. The molecular formula is C15H15BrFNO. The van der Waals surface area contributed by atoms with Crippen LogP contribution in [-0.2, 0) is 6.61 Å². The standard InChI is InChI=1S/C15H15BrFNO/c1-10(18)12-7-13(16)15(14(17)8-12)19-9-11-5-3-2-4-6-11/h2-8,10H,9,18H2,1H3. The van der Waals surface area contributed by atoms with Crippen molar-refractivity contribution in [2.24, 2.45) is 5.73 Å². The van der Waals surface area contributed by atoms with Crippen molar-refractivity contribution in [2.75, 3.05) is 0 Å². The van der Waals surface area contributed by atoms with Crippen molar-refractivity contribution in [1.82, 2.24) is 0 Å². The van der Waals surface area contributed by atoms with Gasteiger partial charge in [0.15, 0.2) is 11.6 Å². The first-order valence-corrected chi connectivity index (χ1v) is 6.78. The maximum absolute atomic E-state index is 14.0. The lowest BCUT2D eigenvalue weighted by molar-refractivity contribution is 0.288. The maximum atomic E-state index is 14.0. The van der Waals surface area contributed by atoms with E-state index in [2.05, 4.69) is 15.9 Å². The summed E-state index contributed by atoms with van der Waals surface area (Å²) < 4.78 is 20.1. The largest absolute Gasteiger partial charge is 0.485 e. The minimum Gasteiger partial charge on any atom is -0.485 e. The Labute approximate surface area is 120 Å². The molecule has 0 saturated carbocycles. The summed E-state index contributed by atoms with van der Waals surface area (Å²) in [6, 6.07) is 12.6. The summed E-state index contributed by atoms with van der Waals surface area (Å²) in [5.41, 5.74) is 7.46. The van der Waals surface area contributed by atoms with Crippen LogP contribution in [0.15, 0.2) is 46.9 Å². The highest BCUT2D eigenvalue weighted by Gasteiger charge is 2.12. The van der Waals surface area contributed by atoms with Crippen molar-refractivity contribution in [1.29, 1.82) is 0 Å². The highest BCUT2D eigenvalue weighted by Crippen LogP contribution is 2.31.